The lowest BCUT2D eigenvalue weighted by Crippen LogP contribution is -2.32. The van der Waals surface area contributed by atoms with Crippen LogP contribution in [0.3, 0.4) is 0 Å². The van der Waals surface area contributed by atoms with E-state index in [-0.39, 0.29) is 0 Å². The third-order valence-corrected chi connectivity index (χ3v) is 2.19. The summed E-state index contributed by atoms with van der Waals surface area (Å²) in [6.07, 6.45) is 0. The van der Waals surface area contributed by atoms with Gasteiger partial charge in [0.2, 0.25) is 5.91 Å². The van der Waals surface area contributed by atoms with Gasteiger partial charge in [0.25, 0.3) is 0 Å². The summed E-state index contributed by atoms with van der Waals surface area (Å²) in [7, 11) is 1.57. The van der Waals surface area contributed by atoms with Gasteiger partial charge in [-0.05, 0) is 13.8 Å². The Hall–Kier alpha value is -1.89. The number of nitrogens with one attached hydrogen (secondary N) is 2. The molecule has 1 heterocycles. The number of carbonyl (C=O) groups excluding carboxylic acids is 1. The van der Waals surface area contributed by atoms with E-state index in [4.69, 9.17) is 10.5 Å². The molecule has 1 amide bonds. The molecule has 1 rings (SSSR count). The first kappa shape index (κ1) is 14.2. The molecule has 1 unspecified atom stereocenters. The zero-order valence-corrected chi connectivity index (χ0v) is 10.9. The molecule has 0 fully saturated rings. The van der Waals surface area contributed by atoms with Gasteiger partial charge in [-0.15, -0.1) is 0 Å². The zero-order chi connectivity index (χ0) is 13.5. The molecule has 0 saturated heterocycles. The van der Waals surface area contributed by atoms with Crippen molar-refractivity contribution < 1.29 is 9.53 Å². The van der Waals surface area contributed by atoms with Crippen LogP contribution in [0.4, 0.5) is 11.6 Å². The fraction of sp³-hybridized carbons (Fsp3) is 0.545. The molecule has 1 aromatic rings. The molecule has 4 N–H and O–H groups in total. The Kier molecular flexibility index (Phi) is 5.31. The molecular formula is C11H19N5O2. The highest BCUT2D eigenvalue weighted by molar-refractivity contribution is 5.82. The molecule has 7 nitrogen and oxygen atoms in total. The lowest BCUT2D eigenvalue weighted by atomic mass is 10.3. The van der Waals surface area contributed by atoms with Gasteiger partial charge in [0.1, 0.15) is 24.3 Å². The highest BCUT2D eigenvalue weighted by Gasteiger charge is 2.11. The lowest BCUT2D eigenvalue weighted by Gasteiger charge is -2.13. The number of methoxy groups -OCH3 is 1. The van der Waals surface area contributed by atoms with Crippen molar-refractivity contribution in [2.24, 2.45) is 5.73 Å². The number of nitrogens with zero attached hydrogens (tertiary/aromatic N) is 2. The molecule has 0 aliphatic carbocycles. The number of ether oxygens (including phenoxy) is 1. The fourth-order valence-electron chi connectivity index (χ4n) is 1.33. The van der Waals surface area contributed by atoms with Gasteiger partial charge in [0, 0.05) is 19.7 Å². The van der Waals surface area contributed by atoms with Gasteiger partial charge in [-0.1, -0.05) is 0 Å². The zero-order valence-electron chi connectivity index (χ0n) is 10.9. The quantitative estimate of drug-likeness (QED) is 0.647. The monoisotopic (exact) mass is 253 g/mol. The van der Waals surface area contributed by atoms with Crippen molar-refractivity contribution in [1.82, 2.24) is 9.97 Å². The number of nitrogens with two attached hydrogens (primary N) is 1. The summed E-state index contributed by atoms with van der Waals surface area (Å²) in [4.78, 5) is 19.5. The molecule has 0 radical (unpaired) electrons. The summed E-state index contributed by atoms with van der Waals surface area (Å²) in [6.45, 7) is 4.69. The molecule has 0 saturated carbocycles. The minimum atomic E-state index is -0.496. The molecule has 0 aromatic carbocycles. The second kappa shape index (κ2) is 6.75. The molecule has 0 aliphatic heterocycles. The summed E-state index contributed by atoms with van der Waals surface area (Å²) in [5, 5.41) is 6.00. The molecule has 1 aromatic heterocycles. The van der Waals surface area contributed by atoms with Crippen molar-refractivity contribution in [3.8, 4) is 0 Å². The number of anilines is 2. The van der Waals surface area contributed by atoms with Crippen LogP contribution < -0.4 is 16.4 Å². The van der Waals surface area contributed by atoms with Crippen LogP contribution in [-0.4, -0.2) is 35.6 Å². The normalized spacial score (nSPS) is 11.9. The van der Waals surface area contributed by atoms with E-state index in [0.717, 1.165) is 6.54 Å². The summed E-state index contributed by atoms with van der Waals surface area (Å²) >= 11 is 0. The number of aromatic nitrogens is 2. The predicted molar refractivity (Wildman–Crippen MR) is 69.2 cm³/mol. The molecule has 1 atom stereocenters. The van der Waals surface area contributed by atoms with E-state index in [1.54, 1.807) is 20.1 Å². The van der Waals surface area contributed by atoms with Gasteiger partial charge in [0.15, 0.2) is 5.82 Å². The van der Waals surface area contributed by atoms with Crippen molar-refractivity contribution in [3.63, 3.8) is 0 Å². The van der Waals surface area contributed by atoms with E-state index in [2.05, 4.69) is 20.6 Å². The second-order valence-electron chi connectivity index (χ2n) is 3.79. The number of carbonyl (C=O) groups is 1. The van der Waals surface area contributed by atoms with Crippen LogP contribution >= 0.6 is 0 Å². The first-order chi connectivity index (χ1) is 8.56. The van der Waals surface area contributed by atoms with Crippen LogP contribution in [0.1, 0.15) is 19.7 Å². The fourth-order valence-corrected chi connectivity index (χ4v) is 1.33. The van der Waals surface area contributed by atoms with Crippen molar-refractivity contribution in [3.05, 3.63) is 11.9 Å². The van der Waals surface area contributed by atoms with Crippen LogP contribution in [0.25, 0.3) is 0 Å². The summed E-state index contributed by atoms with van der Waals surface area (Å²) < 4.78 is 5.00. The largest absolute Gasteiger partial charge is 0.377 e. The average Bonchev–Trinajstić information content (AvgIpc) is 2.29. The third-order valence-electron chi connectivity index (χ3n) is 2.19. The van der Waals surface area contributed by atoms with E-state index in [9.17, 15) is 4.79 Å². The topological polar surface area (TPSA) is 102 Å². The summed E-state index contributed by atoms with van der Waals surface area (Å²) in [6, 6.07) is 1.23. The minimum Gasteiger partial charge on any atom is -0.377 e. The lowest BCUT2D eigenvalue weighted by molar-refractivity contribution is -0.118. The van der Waals surface area contributed by atoms with E-state index >= 15 is 0 Å². The van der Waals surface area contributed by atoms with Crippen molar-refractivity contribution in [2.45, 2.75) is 26.5 Å². The Morgan fingerprint density at radius 2 is 2.17 bits per heavy atom. The van der Waals surface area contributed by atoms with Crippen molar-refractivity contribution in [2.75, 3.05) is 24.3 Å². The van der Waals surface area contributed by atoms with Gasteiger partial charge in [-0.3, -0.25) is 4.79 Å². The minimum absolute atomic E-state index is 0.304. The van der Waals surface area contributed by atoms with Gasteiger partial charge >= 0.3 is 0 Å². The number of amides is 1. The Bertz CT molecular complexity index is 386. The molecule has 0 aliphatic rings. The maximum absolute atomic E-state index is 11.0. The molecular weight excluding hydrogens is 234 g/mol. The summed E-state index contributed by atoms with van der Waals surface area (Å²) in [5.41, 5.74) is 5.19. The SMILES string of the molecule is CCNc1cc(NC(C)C(N)=O)nc(COC)n1. The molecule has 7 heteroatoms. The smallest absolute Gasteiger partial charge is 0.239 e. The Labute approximate surface area is 106 Å². The van der Waals surface area contributed by atoms with Crippen molar-refractivity contribution in [1.29, 1.82) is 0 Å². The number of hydrogen-bond donors (Lipinski definition) is 3. The van der Waals surface area contributed by atoms with E-state index < -0.39 is 11.9 Å². The van der Waals surface area contributed by atoms with E-state index in [1.807, 2.05) is 6.92 Å². The standard InChI is InChI=1S/C11H19N5O2/c1-4-13-8-5-9(14-7(2)11(12)17)16-10(15-8)6-18-3/h5,7H,4,6H2,1-3H3,(H2,12,17)(H2,13,14,15,16). The Balaban J connectivity index is 2.91. The van der Waals surface area contributed by atoms with Gasteiger partial charge in [-0.25, -0.2) is 9.97 Å². The third kappa shape index (κ3) is 4.17. The number of hydrogen-bond acceptors (Lipinski definition) is 6. The van der Waals surface area contributed by atoms with Crippen LogP contribution in [0.2, 0.25) is 0 Å². The van der Waals surface area contributed by atoms with Gasteiger partial charge in [0.05, 0.1) is 0 Å². The first-order valence-corrected chi connectivity index (χ1v) is 5.73. The van der Waals surface area contributed by atoms with Crippen LogP contribution in [0.5, 0.6) is 0 Å². The maximum atomic E-state index is 11.0. The van der Waals surface area contributed by atoms with Gasteiger partial charge < -0.3 is 21.1 Å². The van der Waals surface area contributed by atoms with Crippen LogP contribution in [0, 0.1) is 0 Å². The highest BCUT2D eigenvalue weighted by atomic mass is 16.5. The van der Waals surface area contributed by atoms with E-state index in [1.165, 1.54) is 0 Å². The predicted octanol–water partition coefficient (Wildman–Crippen LogP) is 0.340. The molecule has 0 spiro atoms. The molecule has 0 bridgehead atoms. The Morgan fingerprint density at radius 1 is 1.50 bits per heavy atom. The maximum Gasteiger partial charge on any atom is 0.239 e. The first-order valence-electron chi connectivity index (χ1n) is 5.73. The van der Waals surface area contributed by atoms with E-state index in [0.29, 0.717) is 24.1 Å². The number of primary amides is 1. The second-order valence-corrected chi connectivity index (χ2v) is 3.79. The van der Waals surface area contributed by atoms with Crippen LogP contribution in [0.15, 0.2) is 6.07 Å². The average molecular weight is 253 g/mol. The summed E-state index contributed by atoms with van der Waals surface area (Å²) in [5.74, 6) is 1.32. The highest BCUT2D eigenvalue weighted by Crippen LogP contribution is 2.12. The van der Waals surface area contributed by atoms with Crippen LogP contribution in [-0.2, 0) is 16.1 Å². The van der Waals surface area contributed by atoms with Crippen molar-refractivity contribution >= 4 is 17.5 Å². The van der Waals surface area contributed by atoms with Gasteiger partial charge in [-0.2, -0.15) is 0 Å². The molecule has 18 heavy (non-hydrogen) atoms. The number of rotatable bonds is 7. The Morgan fingerprint density at radius 3 is 2.72 bits per heavy atom. The molecule has 100 valence electrons.